The molecule has 3 aromatic carbocycles. The Kier molecular flexibility index (Phi) is 12.4. The minimum Gasteiger partial charge on any atom is -0.465 e. The molecule has 3 fully saturated rings. The molecular formula is C39H43Cl2N3O6. The molecule has 3 amide bonds. The number of aryl methyl sites for hydroxylation is 2. The first kappa shape index (κ1) is 38.1. The van der Waals surface area contributed by atoms with Gasteiger partial charge in [-0.3, -0.25) is 14.4 Å². The van der Waals surface area contributed by atoms with E-state index >= 15 is 0 Å². The lowest BCUT2D eigenvalue weighted by Gasteiger charge is -2.24. The largest absolute Gasteiger partial charge is 0.465 e. The number of ether oxygens (including phenoxy) is 3. The molecule has 0 saturated carbocycles. The monoisotopic (exact) mass is 719 g/mol. The molecule has 0 aliphatic carbocycles. The normalized spacial score (nSPS) is 22.3. The lowest BCUT2D eigenvalue weighted by atomic mass is 9.94. The average molecular weight is 721 g/mol. The SMILES string of the molecule is CC(Cl)(Cl)C1NC(=O)/C(=C/c2ccccc2)O1.Cc1ccc(/C=C2\OC(C(C)(C)C)NC2=O)cc1.Cc1ccc(/C=C2\OC(C)NC2=O)cc1. The lowest BCUT2D eigenvalue weighted by Crippen LogP contribution is -2.39. The molecule has 0 spiro atoms. The molecular weight excluding hydrogens is 677 g/mol. The van der Waals surface area contributed by atoms with Crippen LogP contribution in [0.3, 0.4) is 0 Å². The van der Waals surface area contributed by atoms with Gasteiger partial charge in [-0.2, -0.15) is 0 Å². The van der Waals surface area contributed by atoms with Crippen LogP contribution in [-0.2, 0) is 28.6 Å². The molecule has 0 radical (unpaired) electrons. The smallest absolute Gasteiger partial charge is 0.289 e. The summed E-state index contributed by atoms with van der Waals surface area (Å²) in [6.45, 7) is 13.5. The fourth-order valence-electron chi connectivity index (χ4n) is 4.58. The average Bonchev–Trinajstić information content (AvgIpc) is 3.71. The highest BCUT2D eigenvalue weighted by Crippen LogP contribution is 2.31. The van der Waals surface area contributed by atoms with Gasteiger partial charge in [0.05, 0.1) is 0 Å². The number of carbonyl (C=O) groups is 3. The van der Waals surface area contributed by atoms with Crippen molar-refractivity contribution in [1.29, 1.82) is 0 Å². The van der Waals surface area contributed by atoms with Gasteiger partial charge in [0.15, 0.2) is 34.1 Å². The molecule has 0 bridgehead atoms. The molecule has 3 unspecified atom stereocenters. The fraction of sp³-hybridized carbons (Fsp3) is 0.308. The summed E-state index contributed by atoms with van der Waals surface area (Å²) in [4.78, 5) is 34.8. The minimum absolute atomic E-state index is 0.113. The van der Waals surface area contributed by atoms with Crippen molar-refractivity contribution in [2.24, 2.45) is 5.41 Å². The van der Waals surface area contributed by atoms with Crippen molar-refractivity contribution in [3.05, 3.63) is 124 Å². The third-order valence-electron chi connectivity index (χ3n) is 7.42. The van der Waals surface area contributed by atoms with Gasteiger partial charge in [0.1, 0.15) is 0 Å². The van der Waals surface area contributed by atoms with Gasteiger partial charge >= 0.3 is 0 Å². The summed E-state index contributed by atoms with van der Waals surface area (Å²) in [7, 11) is 0. The van der Waals surface area contributed by atoms with Crippen molar-refractivity contribution in [3.63, 3.8) is 0 Å². The Balaban J connectivity index is 0.000000169. The molecule has 0 aromatic heterocycles. The van der Waals surface area contributed by atoms with Crippen LogP contribution in [0.2, 0.25) is 0 Å². The number of rotatable bonds is 4. The van der Waals surface area contributed by atoms with Crippen LogP contribution in [0.4, 0.5) is 0 Å². The van der Waals surface area contributed by atoms with Crippen LogP contribution in [0.1, 0.15) is 62.4 Å². The van der Waals surface area contributed by atoms with Gasteiger partial charge in [-0.1, -0.05) is 134 Å². The highest BCUT2D eigenvalue weighted by atomic mass is 35.5. The highest BCUT2D eigenvalue weighted by molar-refractivity contribution is 6.48. The topological polar surface area (TPSA) is 115 Å². The first-order valence-electron chi connectivity index (χ1n) is 16.1. The van der Waals surface area contributed by atoms with Crippen LogP contribution < -0.4 is 16.0 Å². The van der Waals surface area contributed by atoms with Crippen molar-refractivity contribution >= 4 is 59.2 Å². The number of amides is 3. The van der Waals surface area contributed by atoms with E-state index in [0.717, 1.165) is 16.7 Å². The van der Waals surface area contributed by atoms with E-state index in [1.54, 1.807) is 32.1 Å². The summed E-state index contributed by atoms with van der Waals surface area (Å²) in [6.07, 6.45) is 3.96. The summed E-state index contributed by atoms with van der Waals surface area (Å²) in [5.41, 5.74) is 5.10. The zero-order chi connectivity index (χ0) is 36.6. The Hall–Kier alpha value is -4.73. The molecule has 6 rings (SSSR count). The predicted octanol–water partition coefficient (Wildman–Crippen LogP) is 7.38. The van der Waals surface area contributed by atoms with Gasteiger partial charge < -0.3 is 30.2 Å². The first-order valence-corrected chi connectivity index (χ1v) is 16.9. The second-order valence-corrected chi connectivity index (χ2v) is 15.0. The van der Waals surface area contributed by atoms with Gasteiger partial charge in [-0.05, 0) is 62.6 Å². The minimum atomic E-state index is -1.16. The van der Waals surface area contributed by atoms with E-state index in [0.29, 0.717) is 11.5 Å². The number of halogens is 2. The van der Waals surface area contributed by atoms with Gasteiger partial charge in [0.25, 0.3) is 17.7 Å². The van der Waals surface area contributed by atoms with Crippen molar-refractivity contribution in [2.45, 2.75) is 71.5 Å². The Labute approximate surface area is 303 Å². The maximum Gasteiger partial charge on any atom is 0.289 e. The first-order chi connectivity index (χ1) is 23.5. The van der Waals surface area contributed by atoms with Gasteiger partial charge in [-0.25, -0.2) is 0 Å². The quantitative estimate of drug-likeness (QED) is 0.192. The molecule has 3 aliphatic heterocycles. The molecule has 3 N–H and O–H groups in total. The molecule has 3 saturated heterocycles. The van der Waals surface area contributed by atoms with E-state index in [2.05, 4.69) is 16.0 Å². The molecule has 3 aliphatic rings. The van der Waals surface area contributed by atoms with Crippen LogP contribution in [0.25, 0.3) is 18.2 Å². The van der Waals surface area contributed by atoms with Crippen LogP contribution in [-0.4, -0.2) is 40.7 Å². The van der Waals surface area contributed by atoms with E-state index in [9.17, 15) is 14.4 Å². The zero-order valence-electron chi connectivity index (χ0n) is 29.2. The summed E-state index contributed by atoms with van der Waals surface area (Å²) in [5.74, 6) is 0.379. The zero-order valence-corrected chi connectivity index (χ0v) is 30.7. The summed E-state index contributed by atoms with van der Waals surface area (Å²) in [5, 5.41) is 8.09. The third kappa shape index (κ3) is 11.1. The summed E-state index contributed by atoms with van der Waals surface area (Å²) >= 11 is 11.7. The van der Waals surface area contributed by atoms with Crippen molar-refractivity contribution in [3.8, 4) is 0 Å². The molecule has 3 aromatic rings. The molecule has 50 heavy (non-hydrogen) atoms. The number of nitrogens with one attached hydrogen (secondary N) is 3. The van der Waals surface area contributed by atoms with E-state index in [1.165, 1.54) is 11.1 Å². The van der Waals surface area contributed by atoms with Gasteiger partial charge in [0.2, 0.25) is 6.23 Å². The van der Waals surface area contributed by atoms with Crippen LogP contribution in [0.5, 0.6) is 0 Å². The number of hydrogen-bond acceptors (Lipinski definition) is 6. The van der Waals surface area contributed by atoms with E-state index in [4.69, 9.17) is 37.4 Å². The van der Waals surface area contributed by atoms with Crippen molar-refractivity contribution in [1.82, 2.24) is 16.0 Å². The van der Waals surface area contributed by atoms with Crippen LogP contribution >= 0.6 is 23.2 Å². The predicted molar refractivity (Wildman–Crippen MR) is 197 cm³/mol. The second-order valence-electron chi connectivity index (χ2n) is 13.3. The molecule has 264 valence electrons. The van der Waals surface area contributed by atoms with Gasteiger partial charge in [-0.15, -0.1) is 0 Å². The van der Waals surface area contributed by atoms with Gasteiger partial charge in [0, 0.05) is 5.41 Å². The van der Waals surface area contributed by atoms with E-state index in [-0.39, 0.29) is 41.4 Å². The van der Waals surface area contributed by atoms with Crippen LogP contribution in [0.15, 0.2) is 96.1 Å². The van der Waals surface area contributed by atoms with E-state index in [1.807, 2.05) is 113 Å². The maximum absolute atomic E-state index is 11.8. The molecule has 3 heterocycles. The maximum atomic E-state index is 11.8. The second kappa shape index (κ2) is 16.3. The Morgan fingerprint density at radius 1 is 0.560 bits per heavy atom. The van der Waals surface area contributed by atoms with Crippen molar-refractivity contribution < 1.29 is 28.6 Å². The Bertz CT molecular complexity index is 1760. The number of alkyl halides is 2. The Morgan fingerprint density at radius 3 is 1.30 bits per heavy atom. The molecule has 9 nitrogen and oxygen atoms in total. The molecule has 11 heteroatoms. The summed E-state index contributed by atoms with van der Waals surface area (Å²) < 4.78 is 15.2. The van der Waals surface area contributed by atoms with E-state index < -0.39 is 10.6 Å². The third-order valence-corrected chi connectivity index (χ3v) is 7.81. The number of carbonyl (C=O) groups excluding carboxylic acids is 3. The Morgan fingerprint density at radius 2 is 0.940 bits per heavy atom. The lowest BCUT2D eigenvalue weighted by molar-refractivity contribution is -0.117. The molecule has 3 atom stereocenters. The number of benzene rings is 3. The fourth-order valence-corrected chi connectivity index (χ4v) is 4.78. The summed E-state index contributed by atoms with van der Waals surface area (Å²) in [6, 6.07) is 25.3. The highest BCUT2D eigenvalue weighted by Gasteiger charge is 2.40. The van der Waals surface area contributed by atoms with Crippen molar-refractivity contribution in [2.75, 3.05) is 0 Å². The standard InChI is InChI=1S/C15H19NO2.C12H11Cl2NO2.C12H13NO2/c1-10-5-7-11(8-6-10)9-12-13(17)16-14(18-12)15(2,3)4;1-12(13,14)11-15-10(16)9(17-11)7-8-5-3-2-4-6-8;1-8-3-5-10(6-4-8)7-11-12(14)13-9(2)15-11/h5-9,14H,1-4H3,(H,16,17);2-7,11H,1H3,(H,15,16);3-7,9H,1-2H3,(H,13,14)/b12-9-;9-7-;11-7-. The van der Waals surface area contributed by atoms with Crippen LogP contribution in [0, 0.1) is 19.3 Å². The number of hydrogen-bond donors (Lipinski definition) is 3.